The summed E-state index contributed by atoms with van der Waals surface area (Å²) in [7, 11) is 0. The molecule has 0 saturated carbocycles. The zero-order valence-electron chi connectivity index (χ0n) is 8.36. The van der Waals surface area contributed by atoms with E-state index in [-0.39, 0.29) is 11.0 Å². The maximum absolute atomic E-state index is 4.10. The smallest absolute Gasteiger partial charge is 0.0632 e. The molecule has 0 aliphatic carbocycles. The molecule has 64 valence electrons. The average molecular weight is 153 g/mol. The average Bonchev–Trinajstić information content (AvgIpc) is 1.87. The van der Waals surface area contributed by atoms with Crippen molar-refractivity contribution in [1.29, 1.82) is 0 Å². The molecule has 0 atom stereocenters. The van der Waals surface area contributed by atoms with Crippen molar-refractivity contribution >= 4 is 6.72 Å². The lowest BCUT2D eigenvalue weighted by atomic mass is 9.71. The highest BCUT2D eigenvalue weighted by Crippen LogP contribution is 2.38. The van der Waals surface area contributed by atoms with E-state index < -0.39 is 0 Å². The molecule has 1 nitrogen and oxygen atoms in total. The number of aliphatic imine (C=N–C) groups is 1. The predicted molar refractivity (Wildman–Crippen MR) is 52.2 cm³/mol. The molecule has 0 saturated heterocycles. The van der Waals surface area contributed by atoms with Crippen LogP contribution in [0.15, 0.2) is 17.1 Å². The lowest BCUT2D eigenvalue weighted by molar-refractivity contribution is 0.258. The SMILES string of the molecule is C=NC(C)(C)C(C)(C)C(=C)C. The van der Waals surface area contributed by atoms with Gasteiger partial charge in [0.15, 0.2) is 0 Å². The van der Waals surface area contributed by atoms with Crippen LogP contribution in [0.5, 0.6) is 0 Å². The standard InChI is InChI=1S/C10H19N/c1-8(2)9(3,4)10(5,6)11-7/h1,7H2,2-6H3. The van der Waals surface area contributed by atoms with Crippen LogP contribution >= 0.6 is 0 Å². The Kier molecular flexibility index (Phi) is 2.65. The van der Waals surface area contributed by atoms with Crippen molar-refractivity contribution in [2.45, 2.75) is 40.2 Å². The first-order valence-electron chi connectivity index (χ1n) is 3.89. The topological polar surface area (TPSA) is 12.4 Å². The monoisotopic (exact) mass is 153 g/mol. The van der Waals surface area contributed by atoms with Gasteiger partial charge in [0.2, 0.25) is 0 Å². The minimum atomic E-state index is -0.126. The largest absolute Gasteiger partial charge is 0.294 e. The highest BCUT2D eigenvalue weighted by molar-refractivity contribution is 5.28. The van der Waals surface area contributed by atoms with Crippen molar-refractivity contribution in [3.05, 3.63) is 12.2 Å². The molecule has 0 aromatic heterocycles. The van der Waals surface area contributed by atoms with Crippen molar-refractivity contribution < 1.29 is 0 Å². The molecule has 0 fully saturated rings. The van der Waals surface area contributed by atoms with E-state index in [1.54, 1.807) is 0 Å². The Bertz CT molecular complexity index is 175. The van der Waals surface area contributed by atoms with Crippen molar-refractivity contribution in [3.63, 3.8) is 0 Å². The third-order valence-electron chi connectivity index (χ3n) is 2.99. The lowest BCUT2D eigenvalue weighted by Gasteiger charge is -2.38. The minimum absolute atomic E-state index is 0.0226. The van der Waals surface area contributed by atoms with E-state index >= 15 is 0 Å². The van der Waals surface area contributed by atoms with Crippen LogP contribution in [0, 0.1) is 5.41 Å². The number of nitrogens with zero attached hydrogens (tertiary/aromatic N) is 1. The second-order valence-electron chi connectivity index (χ2n) is 4.12. The fourth-order valence-electron chi connectivity index (χ4n) is 0.720. The molecule has 0 radical (unpaired) electrons. The molecule has 11 heavy (non-hydrogen) atoms. The maximum Gasteiger partial charge on any atom is 0.0632 e. The minimum Gasteiger partial charge on any atom is -0.294 e. The van der Waals surface area contributed by atoms with Gasteiger partial charge in [0.25, 0.3) is 0 Å². The lowest BCUT2D eigenvalue weighted by Crippen LogP contribution is -2.37. The molecule has 1 heteroatoms. The van der Waals surface area contributed by atoms with Crippen molar-refractivity contribution in [3.8, 4) is 0 Å². The van der Waals surface area contributed by atoms with E-state index in [0.29, 0.717) is 0 Å². The fourth-order valence-corrected chi connectivity index (χ4v) is 0.720. The Morgan fingerprint density at radius 1 is 1.18 bits per heavy atom. The maximum atomic E-state index is 4.10. The van der Waals surface area contributed by atoms with E-state index in [0.717, 1.165) is 5.57 Å². The van der Waals surface area contributed by atoms with E-state index in [2.05, 4.69) is 46.0 Å². The summed E-state index contributed by atoms with van der Waals surface area (Å²) in [5.74, 6) is 0. The fraction of sp³-hybridized carbons (Fsp3) is 0.700. The molecule has 0 aromatic carbocycles. The van der Waals surface area contributed by atoms with Crippen LogP contribution in [-0.2, 0) is 0 Å². The number of hydrogen-bond acceptors (Lipinski definition) is 1. The van der Waals surface area contributed by atoms with Crippen molar-refractivity contribution in [2.24, 2.45) is 10.4 Å². The molecule has 0 rings (SSSR count). The first-order chi connectivity index (χ1) is 4.75. The molecule has 0 aliphatic heterocycles. The Hall–Kier alpha value is -0.590. The van der Waals surface area contributed by atoms with Crippen LogP contribution in [0.2, 0.25) is 0 Å². The summed E-state index contributed by atoms with van der Waals surface area (Å²) >= 11 is 0. The van der Waals surface area contributed by atoms with Gasteiger partial charge in [0.05, 0.1) is 5.54 Å². The second kappa shape index (κ2) is 2.80. The molecule has 0 aliphatic rings. The van der Waals surface area contributed by atoms with Crippen LogP contribution in [-0.4, -0.2) is 12.3 Å². The van der Waals surface area contributed by atoms with Gasteiger partial charge in [-0.2, -0.15) is 0 Å². The van der Waals surface area contributed by atoms with E-state index in [1.165, 1.54) is 0 Å². The molecule has 0 amide bonds. The van der Waals surface area contributed by atoms with Gasteiger partial charge < -0.3 is 0 Å². The van der Waals surface area contributed by atoms with Gasteiger partial charge >= 0.3 is 0 Å². The second-order valence-corrected chi connectivity index (χ2v) is 4.12. The Morgan fingerprint density at radius 3 is 1.64 bits per heavy atom. The van der Waals surface area contributed by atoms with Gasteiger partial charge in [0, 0.05) is 5.41 Å². The number of rotatable bonds is 3. The third-order valence-corrected chi connectivity index (χ3v) is 2.99. The molecule has 0 aromatic rings. The first kappa shape index (κ1) is 10.4. The molecular formula is C10H19N. The molecular weight excluding hydrogens is 134 g/mol. The Labute approximate surface area is 70.2 Å². The van der Waals surface area contributed by atoms with Gasteiger partial charge in [-0.1, -0.05) is 26.0 Å². The van der Waals surface area contributed by atoms with Crippen LogP contribution in [0.3, 0.4) is 0 Å². The first-order valence-corrected chi connectivity index (χ1v) is 3.89. The van der Waals surface area contributed by atoms with Crippen LogP contribution in [0.1, 0.15) is 34.6 Å². The quantitative estimate of drug-likeness (QED) is 0.436. The predicted octanol–water partition coefficient (Wildman–Crippen LogP) is 3.07. The number of hydrogen-bond donors (Lipinski definition) is 0. The summed E-state index contributed by atoms with van der Waals surface area (Å²) in [6.45, 7) is 18.0. The summed E-state index contributed by atoms with van der Waals surface area (Å²) in [4.78, 5) is 4.10. The van der Waals surface area contributed by atoms with Crippen LogP contribution < -0.4 is 0 Å². The highest BCUT2D eigenvalue weighted by atomic mass is 14.8. The van der Waals surface area contributed by atoms with E-state index in [1.807, 2.05) is 6.92 Å². The molecule has 0 spiro atoms. The normalized spacial score (nSPS) is 12.8. The molecule has 0 N–H and O–H groups in total. The highest BCUT2D eigenvalue weighted by Gasteiger charge is 2.36. The van der Waals surface area contributed by atoms with Crippen molar-refractivity contribution in [2.75, 3.05) is 0 Å². The van der Waals surface area contributed by atoms with Crippen LogP contribution in [0.4, 0.5) is 0 Å². The summed E-state index contributed by atoms with van der Waals surface area (Å²) in [5, 5.41) is 0. The van der Waals surface area contributed by atoms with Gasteiger partial charge in [0.1, 0.15) is 0 Å². The molecule has 0 unspecified atom stereocenters. The van der Waals surface area contributed by atoms with Gasteiger partial charge in [-0.05, 0) is 27.5 Å². The van der Waals surface area contributed by atoms with Gasteiger partial charge in [-0.3, -0.25) is 4.99 Å². The van der Waals surface area contributed by atoms with Gasteiger partial charge in [-0.15, -0.1) is 0 Å². The van der Waals surface area contributed by atoms with Crippen molar-refractivity contribution in [1.82, 2.24) is 0 Å². The summed E-state index contributed by atoms with van der Waals surface area (Å²) in [5.41, 5.74) is 1.04. The zero-order valence-corrected chi connectivity index (χ0v) is 8.36. The van der Waals surface area contributed by atoms with Crippen LogP contribution in [0.25, 0.3) is 0 Å². The molecule has 0 heterocycles. The van der Waals surface area contributed by atoms with E-state index in [9.17, 15) is 0 Å². The summed E-state index contributed by atoms with van der Waals surface area (Å²) in [6, 6.07) is 0. The van der Waals surface area contributed by atoms with Gasteiger partial charge in [-0.25, -0.2) is 0 Å². The zero-order chi connectivity index (χ0) is 9.28. The summed E-state index contributed by atoms with van der Waals surface area (Å²) in [6.07, 6.45) is 0. The van der Waals surface area contributed by atoms with E-state index in [4.69, 9.17) is 0 Å². The Balaban J connectivity index is 4.81. The Morgan fingerprint density at radius 2 is 1.55 bits per heavy atom. The summed E-state index contributed by atoms with van der Waals surface area (Å²) < 4.78 is 0. The molecule has 0 bridgehead atoms. The third kappa shape index (κ3) is 1.70.